The largest absolute Gasteiger partial charge is 0.393 e. The molecule has 2 aliphatic heterocycles. The van der Waals surface area contributed by atoms with Gasteiger partial charge in [0.25, 0.3) is 0 Å². The maximum atomic E-state index is 9.99. The second-order valence-corrected chi connectivity index (χ2v) is 10.5. The lowest BCUT2D eigenvalue weighted by Crippen LogP contribution is -2.33. The fraction of sp³-hybridized carbons (Fsp3) is 0.333. The van der Waals surface area contributed by atoms with Crippen molar-refractivity contribution in [3.05, 3.63) is 144 Å². The van der Waals surface area contributed by atoms with E-state index in [2.05, 4.69) is 71.3 Å². The number of aliphatic hydroxyl groups is 2. The van der Waals surface area contributed by atoms with E-state index in [1.165, 1.54) is 11.1 Å². The highest BCUT2D eigenvalue weighted by Gasteiger charge is 2.21. The summed E-state index contributed by atoms with van der Waals surface area (Å²) in [5.74, 6) is 0. The standard InChI is InChI=1S/C18H21NO.C13H12O.C5H11NO/c1-3-7-15(8-4-1)18(16-9-5-2-6-10-16)20-17-11-13-19-14-12-17;14-13(11-7-3-1-4-8-11)12-9-5-2-6-10-12;7-5-1-3-6-4-2-5/h1-10,17-19H,11-14H2;1-10,13-14H;5-7H,1-4H2. The molecule has 216 valence electrons. The Labute approximate surface area is 245 Å². The van der Waals surface area contributed by atoms with Gasteiger partial charge < -0.3 is 25.6 Å². The first-order chi connectivity index (χ1) is 20.2. The van der Waals surface area contributed by atoms with E-state index in [0.717, 1.165) is 63.0 Å². The first-order valence-corrected chi connectivity index (χ1v) is 14.8. The van der Waals surface area contributed by atoms with Crippen molar-refractivity contribution in [3.8, 4) is 0 Å². The van der Waals surface area contributed by atoms with Gasteiger partial charge in [-0.2, -0.15) is 0 Å². The van der Waals surface area contributed by atoms with Crippen LogP contribution in [0.4, 0.5) is 0 Å². The Morgan fingerprint density at radius 1 is 0.512 bits per heavy atom. The van der Waals surface area contributed by atoms with Crippen molar-refractivity contribution in [2.75, 3.05) is 26.2 Å². The minimum atomic E-state index is -0.516. The van der Waals surface area contributed by atoms with Gasteiger partial charge in [0.2, 0.25) is 0 Å². The van der Waals surface area contributed by atoms with Crippen LogP contribution < -0.4 is 10.6 Å². The van der Waals surface area contributed by atoms with Gasteiger partial charge in [-0.25, -0.2) is 0 Å². The van der Waals surface area contributed by atoms with E-state index in [-0.39, 0.29) is 12.2 Å². The predicted molar refractivity (Wildman–Crippen MR) is 167 cm³/mol. The van der Waals surface area contributed by atoms with E-state index < -0.39 is 6.10 Å². The third-order valence-corrected chi connectivity index (χ3v) is 7.36. The van der Waals surface area contributed by atoms with Crippen molar-refractivity contribution in [2.45, 2.75) is 50.1 Å². The summed E-state index contributed by atoms with van der Waals surface area (Å²) < 4.78 is 6.42. The monoisotopic (exact) mass is 552 g/mol. The Balaban J connectivity index is 0.000000159. The highest BCUT2D eigenvalue weighted by Crippen LogP contribution is 2.29. The lowest BCUT2D eigenvalue weighted by Gasteiger charge is -2.28. The summed E-state index contributed by atoms with van der Waals surface area (Å²) in [5, 5.41) is 25.4. The number of hydrogen-bond acceptors (Lipinski definition) is 5. The van der Waals surface area contributed by atoms with E-state index in [9.17, 15) is 5.11 Å². The molecule has 2 aliphatic rings. The van der Waals surface area contributed by atoms with Crippen LogP contribution in [0.3, 0.4) is 0 Å². The van der Waals surface area contributed by atoms with E-state index >= 15 is 0 Å². The van der Waals surface area contributed by atoms with Crippen molar-refractivity contribution in [3.63, 3.8) is 0 Å². The fourth-order valence-electron chi connectivity index (χ4n) is 5.00. The third kappa shape index (κ3) is 10.5. The van der Waals surface area contributed by atoms with Gasteiger partial charge in [0, 0.05) is 0 Å². The van der Waals surface area contributed by atoms with Crippen molar-refractivity contribution < 1.29 is 14.9 Å². The molecule has 0 radical (unpaired) electrons. The number of aliphatic hydroxyl groups excluding tert-OH is 2. The smallest absolute Gasteiger partial charge is 0.108 e. The molecule has 2 saturated heterocycles. The first kappa shape index (κ1) is 30.6. The zero-order valence-electron chi connectivity index (χ0n) is 23.8. The molecule has 2 heterocycles. The van der Waals surface area contributed by atoms with Crippen LogP contribution in [0.5, 0.6) is 0 Å². The minimum Gasteiger partial charge on any atom is -0.393 e. The number of benzene rings is 4. The van der Waals surface area contributed by atoms with Gasteiger partial charge >= 0.3 is 0 Å². The zero-order chi connectivity index (χ0) is 28.5. The summed E-state index contributed by atoms with van der Waals surface area (Å²) in [7, 11) is 0. The molecule has 0 atom stereocenters. The molecule has 5 nitrogen and oxygen atoms in total. The molecule has 0 saturated carbocycles. The number of piperidine rings is 2. The predicted octanol–water partition coefficient (Wildman–Crippen LogP) is 6.04. The molecular weight excluding hydrogens is 508 g/mol. The molecule has 6 rings (SSSR count). The SMILES string of the molecule is OC(c1ccccc1)c1ccccc1.OC1CCNCC1.c1ccc(C(OC2CCNCC2)c2ccccc2)cc1. The van der Waals surface area contributed by atoms with Crippen LogP contribution in [0.15, 0.2) is 121 Å². The molecule has 0 aliphatic carbocycles. The maximum Gasteiger partial charge on any atom is 0.108 e. The summed E-state index contributed by atoms with van der Waals surface area (Å²) in [6.07, 6.45) is 3.90. The second-order valence-electron chi connectivity index (χ2n) is 10.5. The summed E-state index contributed by atoms with van der Waals surface area (Å²) in [6, 6.07) is 40.4. The van der Waals surface area contributed by atoms with Gasteiger partial charge in [-0.1, -0.05) is 121 Å². The lowest BCUT2D eigenvalue weighted by molar-refractivity contribution is -0.00805. The van der Waals surface area contributed by atoms with Gasteiger partial charge in [-0.3, -0.25) is 0 Å². The van der Waals surface area contributed by atoms with Crippen LogP contribution in [0.2, 0.25) is 0 Å². The average Bonchev–Trinajstić information content (AvgIpc) is 3.06. The maximum absolute atomic E-state index is 9.99. The summed E-state index contributed by atoms with van der Waals surface area (Å²) in [6.45, 7) is 4.09. The van der Waals surface area contributed by atoms with E-state index in [1.54, 1.807) is 0 Å². The lowest BCUT2D eigenvalue weighted by atomic mass is 10.0. The van der Waals surface area contributed by atoms with Crippen LogP contribution in [0.25, 0.3) is 0 Å². The van der Waals surface area contributed by atoms with E-state index in [1.807, 2.05) is 60.7 Å². The van der Waals surface area contributed by atoms with E-state index in [0.29, 0.717) is 6.10 Å². The van der Waals surface area contributed by atoms with Crippen LogP contribution in [-0.2, 0) is 4.74 Å². The Kier molecular flexibility index (Phi) is 13.1. The Bertz CT molecular complexity index is 1120. The molecule has 0 unspecified atom stereocenters. The number of ether oxygens (including phenoxy) is 1. The molecule has 0 spiro atoms. The summed E-state index contributed by atoms with van der Waals surface area (Å²) in [5.41, 5.74) is 4.33. The molecule has 41 heavy (non-hydrogen) atoms. The molecule has 4 aromatic carbocycles. The highest BCUT2D eigenvalue weighted by atomic mass is 16.5. The van der Waals surface area contributed by atoms with Gasteiger partial charge in [0.05, 0.1) is 12.2 Å². The fourth-order valence-corrected chi connectivity index (χ4v) is 5.00. The van der Waals surface area contributed by atoms with Crippen LogP contribution in [0, 0.1) is 0 Å². The molecule has 0 amide bonds. The minimum absolute atomic E-state index is 0.0266. The average molecular weight is 553 g/mol. The molecule has 2 fully saturated rings. The van der Waals surface area contributed by atoms with Crippen molar-refractivity contribution >= 4 is 0 Å². The number of nitrogens with one attached hydrogen (secondary N) is 2. The molecular formula is C36H44N2O3. The van der Waals surface area contributed by atoms with Gasteiger partial charge in [0.1, 0.15) is 12.2 Å². The van der Waals surface area contributed by atoms with Gasteiger partial charge in [0.15, 0.2) is 0 Å². The number of hydrogen-bond donors (Lipinski definition) is 4. The Hall–Kier alpha value is -3.32. The topological polar surface area (TPSA) is 73.8 Å². The van der Waals surface area contributed by atoms with Gasteiger partial charge in [-0.15, -0.1) is 0 Å². The molecule has 4 aromatic rings. The quantitative estimate of drug-likeness (QED) is 0.235. The second kappa shape index (κ2) is 17.5. The van der Waals surface area contributed by atoms with Crippen LogP contribution >= 0.6 is 0 Å². The van der Waals surface area contributed by atoms with Crippen molar-refractivity contribution in [2.24, 2.45) is 0 Å². The number of rotatable bonds is 6. The Morgan fingerprint density at radius 3 is 1.20 bits per heavy atom. The molecule has 0 aromatic heterocycles. The molecule has 4 N–H and O–H groups in total. The first-order valence-electron chi connectivity index (χ1n) is 14.8. The summed E-state index contributed by atoms with van der Waals surface area (Å²) >= 11 is 0. The van der Waals surface area contributed by atoms with Crippen LogP contribution in [-0.4, -0.2) is 48.6 Å². The highest BCUT2D eigenvalue weighted by molar-refractivity contribution is 5.30. The zero-order valence-corrected chi connectivity index (χ0v) is 23.8. The van der Waals surface area contributed by atoms with Crippen molar-refractivity contribution in [1.29, 1.82) is 0 Å². The van der Waals surface area contributed by atoms with E-state index in [4.69, 9.17) is 9.84 Å². The van der Waals surface area contributed by atoms with Crippen molar-refractivity contribution in [1.82, 2.24) is 10.6 Å². The third-order valence-electron chi connectivity index (χ3n) is 7.36. The Morgan fingerprint density at radius 2 is 0.854 bits per heavy atom. The molecule has 5 heteroatoms. The molecule has 0 bridgehead atoms. The van der Waals surface area contributed by atoms with Crippen LogP contribution in [0.1, 0.15) is 60.1 Å². The van der Waals surface area contributed by atoms with Gasteiger partial charge in [-0.05, 0) is 74.1 Å². The summed E-state index contributed by atoms with van der Waals surface area (Å²) in [4.78, 5) is 0. The normalized spacial score (nSPS) is 15.9.